The van der Waals surface area contributed by atoms with Crippen LogP contribution in [-0.2, 0) is 130 Å². The Balaban J connectivity index is 0.000000320. The van der Waals surface area contributed by atoms with Crippen LogP contribution in [0.2, 0.25) is 30.1 Å². The van der Waals surface area contributed by atoms with Crippen molar-refractivity contribution in [1.29, 1.82) is 0 Å². The lowest BCUT2D eigenvalue weighted by Crippen LogP contribution is -2.31. The normalized spacial score (nSPS) is 16.0. The smallest absolute Gasteiger partial charge is 0.261 e. The fourth-order valence-electron chi connectivity index (χ4n) is 14.9. The molecular formula is C89H110Cl8N4O23S7. The van der Waals surface area contributed by atoms with Crippen LogP contribution in [0.5, 0.6) is 0 Å². The Labute approximate surface area is 809 Å². The van der Waals surface area contributed by atoms with Crippen LogP contribution in [-0.4, -0.2) is 269 Å². The number of fused-ring (bicyclic) bond motifs is 3. The van der Waals surface area contributed by atoms with E-state index in [2.05, 4.69) is 14.7 Å². The van der Waals surface area contributed by atoms with Crippen LogP contribution in [0.4, 0.5) is 0 Å². The van der Waals surface area contributed by atoms with Gasteiger partial charge in [0, 0.05) is 148 Å². The standard InChI is InChI=1S/C58H72Cl4N2O14S4.C25H34Cl2N2O5S.C6H4Cl2O4S2/c1-63-39-53(51-34-45(59)36-57(61)55(51)41-63)43-10-3-12-47(32-43)79(65,66)28-6-16-73-20-24-77-26-22-75-18-8-30-81(69,70)49-14-5-15-50(38-49)82(71,72)31-9-19-76-23-27-78-25-21-74-17-7-29-80(67,68)48-13-4-11-44(33-48)54-40-64(2)42-56-52(54)35-46(60)37-58(56)62;1-29-17-23(22-15-20(26)16-25(27)24(22)18-29)19-4-2-5-21(14-19)35(30,31)13-3-7-32-9-11-34-12-10-33-8-6-28;7-13(9,10)5-2-1-3-6(4-5)14(8,11)12/h3-5,10-15,32-38,53-54H,6-9,16-31,39-42H2,1-2H3;2,4-5,14-16,23H,3,6-13,17-18,28H2,1H3;1-4H. The zero-order chi connectivity index (χ0) is 95.2. The Bertz CT molecular complexity index is 5700. The van der Waals surface area contributed by atoms with E-state index >= 15 is 0 Å². The lowest BCUT2D eigenvalue weighted by atomic mass is 9.85. The van der Waals surface area contributed by atoms with Gasteiger partial charge < -0.3 is 63.1 Å². The van der Waals surface area contributed by atoms with Crippen molar-refractivity contribution >= 4 is 158 Å². The summed E-state index contributed by atoms with van der Waals surface area (Å²) >= 11 is 38.5. The number of sulfone groups is 5. The van der Waals surface area contributed by atoms with Gasteiger partial charge in [0.15, 0.2) is 49.2 Å². The average molecular weight is 2110 g/mol. The maximum Gasteiger partial charge on any atom is 0.261 e. The van der Waals surface area contributed by atoms with Crippen molar-refractivity contribution in [2.75, 3.05) is 195 Å². The van der Waals surface area contributed by atoms with Gasteiger partial charge in [0.05, 0.1) is 149 Å². The van der Waals surface area contributed by atoms with Crippen LogP contribution >= 0.6 is 91.0 Å². The number of ether oxygens (including phenoxy) is 9. The summed E-state index contributed by atoms with van der Waals surface area (Å²) < 4.78 is 224. The minimum atomic E-state index is -3.94. The Morgan fingerprint density at radius 1 is 0.282 bits per heavy atom. The van der Waals surface area contributed by atoms with Crippen molar-refractivity contribution in [2.45, 2.75) is 104 Å². The van der Waals surface area contributed by atoms with Gasteiger partial charge in [-0.1, -0.05) is 118 Å². The zero-order valence-corrected chi connectivity index (χ0v) is 84.4. The summed E-state index contributed by atoms with van der Waals surface area (Å²) in [5.74, 6) is -0.803. The predicted molar refractivity (Wildman–Crippen MR) is 512 cm³/mol. The largest absolute Gasteiger partial charge is 0.379 e. The fraction of sp³-hybridized carbons (Fsp3) is 0.461. The Morgan fingerprint density at radius 2 is 0.489 bits per heavy atom. The molecule has 27 nitrogen and oxygen atoms in total. The van der Waals surface area contributed by atoms with E-state index < -0.39 is 67.3 Å². The van der Waals surface area contributed by atoms with Gasteiger partial charge in [0.25, 0.3) is 18.1 Å². The summed E-state index contributed by atoms with van der Waals surface area (Å²) in [6.07, 6.45) is 1.39. The van der Waals surface area contributed by atoms with Gasteiger partial charge in [-0.2, -0.15) is 0 Å². The van der Waals surface area contributed by atoms with Gasteiger partial charge >= 0.3 is 0 Å². The quantitative estimate of drug-likeness (QED) is 0.0273. The first-order chi connectivity index (χ1) is 62.2. The van der Waals surface area contributed by atoms with Gasteiger partial charge in [-0.3, -0.25) is 0 Å². The fourth-order valence-corrected chi connectivity index (χ4v) is 25.0. The molecule has 2 N–H and O–H groups in total. The highest BCUT2D eigenvalue weighted by atomic mass is 35.7. The van der Waals surface area contributed by atoms with Crippen molar-refractivity contribution < 1.29 is 102 Å². The van der Waals surface area contributed by atoms with Gasteiger partial charge in [-0.25, -0.2) is 58.9 Å². The van der Waals surface area contributed by atoms with Crippen LogP contribution in [0.3, 0.4) is 0 Å². The summed E-state index contributed by atoms with van der Waals surface area (Å²) in [6.45, 7) is 10.2. The highest BCUT2D eigenvalue weighted by Gasteiger charge is 2.33. The summed E-state index contributed by atoms with van der Waals surface area (Å²) in [4.78, 5) is 6.52. The third-order valence-corrected chi connectivity index (χ3v) is 34.6. The molecule has 0 saturated carbocycles. The highest BCUT2D eigenvalue weighted by molar-refractivity contribution is 8.14. The second-order valence-electron chi connectivity index (χ2n) is 31.3. The van der Waals surface area contributed by atoms with Crippen LogP contribution < -0.4 is 5.73 Å². The maximum atomic E-state index is 13.3. The zero-order valence-electron chi connectivity index (χ0n) is 72.7. The minimum Gasteiger partial charge on any atom is -0.379 e. The molecule has 0 aliphatic carbocycles. The summed E-state index contributed by atoms with van der Waals surface area (Å²) in [5, 5.41) is 3.49. The third-order valence-electron chi connectivity index (χ3n) is 21.2. The van der Waals surface area contributed by atoms with Crippen LogP contribution in [0.1, 0.15) is 99.9 Å². The second kappa shape index (κ2) is 52.8. The molecule has 3 aliphatic heterocycles. The van der Waals surface area contributed by atoms with Gasteiger partial charge in [-0.15, -0.1) is 0 Å². The van der Waals surface area contributed by atoms with E-state index in [4.69, 9.17) is 139 Å². The lowest BCUT2D eigenvalue weighted by molar-refractivity contribution is 0.0149. The Hall–Kier alpha value is -4.79. The van der Waals surface area contributed by atoms with Gasteiger partial charge in [0.1, 0.15) is 0 Å². The number of hydrogen-bond acceptors (Lipinski definition) is 27. The van der Waals surface area contributed by atoms with Crippen molar-refractivity contribution in [3.63, 3.8) is 0 Å². The van der Waals surface area contributed by atoms with E-state index in [0.29, 0.717) is 127 Å². The molecule has 3 unspecified atom stereocenters. The number of halogens is 8. The van der Waals surface area contributed by atoms with Crippen molar-refractivity contribution in [3.05, 3.63) is 238 Å². The molecule has 8 aromatic carbocycles. The molecule has 722 valence electrons. The molecule has 3 aliphatic rings. The van der Waals surface area contributed by atoms with Crippen LogP contribution in [0.25, 0.3) is 0 Å². The number of benzene rings is 8. The molecule has 8 aromatic rings. The molecule has 11 rings (SSSR count). The number of rotatable bonds is 50. The average Bonchev–Trinajstić information content (AvgIpc) is 0.781. The number of nitrogens with two attached hydrogens (primary N) is 1. The maximum absolute atomic E-state index is 13.3. The molecule has 131 heavy (non-hydrogen) atoms. The molecule has 0 fully saturated rings. The Kier molecular flexibility index (Phi) is 44.3. The molecule has 42 heteroatoms. The molecule has 0 bridgehead atoms. The van der Waals surface area contributed by atoms with E-state index in [0.717, 1.165) is 69.2 Å². The molecular weight excluding hydrogens is 2000 g/mol. The van der Waals surface area contributed by atoms with E-state index in [-0.39, 0.29) is 168 Å². The molecule has 0 saturated heterocycles. The number of likely N-dealkylation sites (N-methyl/N-ethyl adjacent to an activating group) is 3. The monoisotopic (exact) mass is 2110 g/mol. The summed E-state index contributed by atoms with van der Waals surface area (Å²) in [6, 6.07) is 42.1. The number of hydrogen-bond donors (Lipinski definition) is 1. The first-order valence-corrected chi connectivity index (χ1v) is 57.2. The Morgan fingerprint density at radius 3 is 0.725 bits per heavy atom. The van der Waals surface area contributed by atoms with E-state index in [1.165, 1.54) is 42.5 Å². The van der Waals surface area contributed by atoms with Gasteiger partial charge in [0.2, 0.25) is 0 Å². The lowest BCUT2D eigenvalue weighted by Gasteiger charge is -2.33. The van der Waals surface area contributed by atoms with E-state index in [9.17, 15) is 58.9 Å². The van der Waals surface area contributed by atoms with E-state index in [1.54, 1.807) is 72.8 Å². The molecule has 0 spiro atoms. The first-order valence-electron chi connectivity index (χ1n) is 42.1. The minimum absolute atomic E-state index is 0.0147. The number of nitrogens with zero attached hydrogens (tertiary/aromatic N) is 3. The first kappa shape index (κ1) is 110. The van der Waals surface area contributed by atoms with Crippen molar-refractivity contribution in [2.24, 2.45) is 5.73 Å². The van der Waals surface area contributed by atoms with Crippen LogP contribution in [0.15, 0.2) is 192 Å². The molecule has 0 aromatic heterocycles. The van der Waals surface area contributed by atoms with Crippen molar-refractivity contribution in [1.82, 2.24) is 14.7 Å². The van der Waals surface area contributed by atoms with E-state index in [1.807, 2.05) is 57.5 Å². The molecule has 0 radical (unpaired) electrons. The van der Waals surface area contributed by atoms with Crippen LogP contribution in [0, 0.1) is 0 Å². The highest BCUT2D eigenvalue weighted by Crippen LogP contribution is 2.43. The topological polar surface area (TPSA) is 358 Å². The molecule has 0 amide bonds. The third kappa shape index (κ3) is 34.9. The predicted octanol–water partition coefficient (Wildman–Crippen LogP) is 14.9. The summed E-state index contributed by atoms with van der Waals surface area (Å²) in [5.41, 5.74) is 14.1. The SMILES string of the molecule is CN1Cc2c(Cl)cc(Cl)cc2C(c2cccc(S(=O)(=O)CCCOCCOCCOCCCS(=O)(=O)c3cccc(S(=O)(=O)CCCOCCOCCOCCCS(=O)(=O)c4cccc(C5CN(C)Cc6c(Cl)cc(Cl)cc65)c4)c3)c2)C1.CN1Cc2c(Cl)cc(Cl)cc2C(c2cccc(S(=O)(=O)CCCOCCOCCOCCN)c2)C1.O=S(=O)(Cl)c1cccc(S(=O)(=O)Cl)c1. The van der Waals surface area contributed by atoms with Crippen molar-refractivity contribution in [3.8, 4) is 0 Å². The molecule has 3 atom stereocenters. The van der Waals surface area contributed by atoms with Gasteiger partial charge in [-0.05, 0) is 213 Å². The second-order valence-corrected chi connectivity index (χ2v) is 49.5. The summed E-state index contributed by atoms with van der Waals surface area (Å²) in [7, 11) is -9.99. The molecule has 3 heterocycles.